The summed E-state index contributed by atoms with van der Waals surface area (Å²) < 4.78 is 10.9. The predicted octanol–water partition coefficient (Wildman–Crippen LogP) is 8.71. The molecule has 4 aromatic carbocycles. The van der Waals surface area contributed by atoms with E-state index in [2.05, 4.69) is 92.9 Å². The van der Waals surface area contributed by atoms with Crippen molar-refractivity contribution in [3.05, 3.63) is 108 Å². The molecule has 45 heavy (non-hydrogen) atoms. The Bertz CT molecular complexity index is 1710. The fraction of sp³-hybridized carbons (Fsp3) is 0.350. The minimum absolute atomic E-state index is 0.0120. The molecular weight excluding hydrogens is 560 g/mol. The fourth-order valence-corrected chi connectivity index (χ4v) is 6.52. The Labute approximate surface area is 266 Å². The van der Waals surface area contributed by atoms with E-state index in [0.29, 0.717) is 11.5 Å². The molecule has 1 fully saturated rings. The summed E-state index contributed by atoms with van der Waals surface area (Å²) >= 11 is 0. The Kier molecular flexibility index (Phi) is 10.5. The van der Waals surface area contributed by atoms with Crippen LogP contribution in [0.15, 0.2) is 97.1 Å². The topological polar surface area (TPSA) is 72.8 Å². The third-order valence-corrected chi connectivity index (χ3v) is 9.24. The standard InChI is InChI=1S/C40H44O5/c1-5-6-28-7-8-33-21-35(15-13-31(33)19-28)37-18-17-34-20-32(14-16-36(34)22-37)29-9-11-30(12-10-29)38(24-44-39(42)26(2)3)25-45-40(43)27(4)23-41/h7-8,13-22,29-30,38,41H,2,4-6,9-12,23-25H2,1,3H3. The van der Waals surface area contributed by atoms with Crippen LogP contribution in [-0.2, 0) is 25.5 Å². The maximum Gasteiger partial charge on any atom is 0.335 e. The van der Waals surface area contributed by atoms with Crippen molar-refractivity contribution in [3.63, 3.8) is 0 Å². The van der Waals surface area contributed by atoms with Crippen LogP contribution in [0.5, 0.6) is 0 Å². The molecule has 0 heterocycles. The summed E-state index contributed by atoms with van der Waals surface area (Å²) in [6.45, 7) is 10.9. The van der Waals surface area contributed by atoms with Gasteiger partial charge in [-0.05, 0) is 107 Å². The lowest BCUT2D eigenvalue weighted by Crippen LogP contribution is -2.30. The molecule has 1 saturated carbocycles. The molecule has 0 amide bonds. The van der Waals surface area contributed by atoms with Gasteiger partial charge in [0.25, 0.3) is 0 Å². The molecular formula is C40H44O5. The molecule has 5 heteroatoms. The molecule has 234 valence electrons. The molecule has 1 aliphatic rings. The van der Waals surface area contributed by atoms with Crippen LogP contribution < -0.4 is 0 Å². The van der Waals surface area contributed by atoms with Gasteiger partial charge in [-0.15, -0.1) is 0 Å². The second-order valence-electron chi connectivity index (χ2n) is 12.6. The number of rotatable bonds is 12. The molecule has 0 aliphatic heterocycles. The lowest BCUT2D eigenvalue weighted by Gasteiger charge is -2.33. The zero-order valence-electron chi connectivity index (χ0n) is 26.5. The van der Waals surface area contributed by atoms with E-state index in [4.69, 9.17) is 9.47 Å². The second kappa shape index (κ2) is 14.7. The Balaban J connectivity index is 1.25. The van der Waals surface area contributed by atoms with Crippen molar-refractivity contribution in [2.45, 2.75) is 58.3 Å². The molecule has 1 aliphatic carbocycles. The Morgan fingerprint density at radius 3 is 1.93 bits per heavy atom. The highest BCUT2D eigenvalue weighted by molar-refractivity contribution is 5.92. The summed E-state index contributed by atoms with van der Waals surface area (Å²) in [5, 5.41) is 14.2. The fourth-order valence-electron chi connectivity index (χ4n) is 6.52. The number of aryl methyl sites for hydroxylation is 1. The molecule has 5 rings (SSSR count). The third kappa shape index (κ3) is 7.90. The van der Waals surface area contributed by atoms with E-state index >= 15 is 0 Å². The predicted molar refractivity (Wildman–Crippen MR) is 182 cm³/mol. The zero-order valence-corrected chi connectivity index (χ0v) is 26.5. The zero-order chi connectivity index (χ0) is 31.9. The van der Waals surface area contributed by atoms with Crippen LogP contribution in [0.4, 0.5) is 0 Å². The van der Waals surface area contributed by atoms with Gasteiger partial charge in [-0.2, -0.15) is 0 Å². The number of aliphatic hydroxyl groups excluding tert-OH is 1. The number of hydrogen-bond acceptors (Lipinski definition) is 5. The van der Waals surface area contributed by atoms with E-state index in [1.54, 1.807) is 6.92 Å². The van der Waals surface area contributed by atoms with Crippen molar-refractivity contribution in [2.75, 3.05) is 19.8 Å². The maximum atomic E-state index is 12.1. The summed E-state index contributed by atoms with van der Waals surface area (Å²) in [6.07, 6.45) is 6.16. The van der Waals surface area contributed by atoms with Crippen molar-refractivity contribution in [1.29, 1.82) is 0 Å². The minimum Gasteiger partial charge on any atom is -0.462 e. The molecule has 1 N–H and O–H groups in total. The molecule has 0 spiro atoms. The monoisotopic (exact) mass is 604 g/mol. The molecule has 0 radical (unpaired) electrons. The highest BCUT2D eigenvalue weighted by Gasteiger charge is 2.30. The van der Waals surface area contributed by atoms with Gasteiger partial charge in [-0.25, -0.2) is 9.59 Å². The summed E-state index contributed by atoms with van der Waals surface area (Å²) in [5.74, 6) is -0.506. The lowest BCUT2D eigenvalue weighted by molar-refractivity contribution is -0.146. The van der Waals surface area contributed by atoms with Crippen LogP contribution in [0.2, 0.25) is 0 Å². The second-order valence-corrected chi connectivity index (χ2v) is 12.6. The highest BCUT2D eigenvalue weighted by Crippen LogP contribution is 2.40. The van der Waals surface area contributed by atoms with Crippen molar-refractivity contribution >= 4 is 33.5 Å². The van der Waals surface area contributed by atoms with Crippen LogP contribution in [-0.4, -0.2) is 36.9 Å². The SMILES string of the molecule is C=C(C)C(=O)OCC(COC(=O)C(=C)CO)C1CCC(c2ccc3cc(-c4ccc5cc(CCC)ccc5c4)ccc3c2)CC1. The van der Waals surface area contributed by atoms with Crippen LogP contribution >= 0.6 is 0 Å². The van der Waals surface area contributed by atoms with Crippen molar-refractivity contribution in [1.82, 2.24) is 0 Å². The smallest absolute Gasteiger partial charge is 0.335 e. The number of hydrogen-bond donors (Lipinski definition) is 1. The quantitative estimate of drug-likeness (QED) is 0.129. The van der Waals surface area contributed by atoms with Crippen LogP contribution in [0.25, 0.3) is 32.7 Å². The van der Waals surface area contributed by atoms with Gasteiger partial charge in [0.1, 0.15) is 0 Å². The average molecular weight is 605 g/mol. The van der Waals surface area contributed by atoms with Crippen LogP contribution in [0.1, 0.15) is 63.0 Å². The first-order valence-electron chi connectivity index (χ1n) is 16.1. The molecule has 5 nitrogen and oxygen atoms in total. The Hall–Kier alpha value is -4.22. The van der Waals surface area contributed by atoms with E-state index in [9.17, 15) is 14.7 Å². The van der Waals surface area contributed by atoms with Gasteiger partial charge in [-0.1, -0.05) is 87.2 Å². The van der Waals surface area contributed by atoms with Gasteiger partial charge in [0.05, 0.1) is 25.4 Å². The number of ether oxygens (including phenoxy) is 2. The third-order valence-electron chi connectivity index (χ3n) is 9.24. The molecule has 0 saturated heterocycles. The van der Waals surface area contributed by atoms with Crippen molar-refractivity contribution < 1.29 is 24.2 Å². The molecule has 1 atom stereocenters. The van der Waals surface area contributed by atoms with E-state index in [1.165, 1.54) is 43.8 Å². The molecule has 0 bridgehead atoms. The van der Waals surface area contributed by atoms with E-state index in [1.807, 2.05) is 0 Å². The number of esters is 2. The van der Waals surface area contributed by atoms with Gasteiger partial charge >= 0.3 is 11.9 Å². The largest absolute Gasteiger partial charge is 0.462 e. The van der Waals surface area contributed by atoms with Gasteiger partial charge in [0.15, 0.2) is 0 Å². The molecule has 0 aromatic heterocycles. The van der Waals surface area contributed by atoms with Crippen molar-refractivity contribution in [2.24, 2.45) is 11.8 Å². The number of fused-ring (bicyclic) bond motifs is 2. The van der Waals surface area contributed by atoms with Gasteiger partial charge in [-0.3, -0.25) is 0 Å². The normalized spacial score (nSPS) is 17.1. The average Bonchev–Trinajstić information content (AvgIpc) is 3.07. The highest BCUT2D eigenvalue weighted by atomic mass is 16.5. The maximum absolute atomic E-state index is 12.1. The summed E-state index contributed by atoms with van der Waals surface area (Å²) in [6, 6.07) is 27.1. The Morgan fingerprint density at radius 1 is 0.778 bits per heavy atom. The summed E-state index contributed by atoms with van der Waals surface area (Å²) in [4.78, 5) is 24.2. The summed E-state index contributed by atoms with van der Waals surface area (Å²) in [7, 11) is 0. The summed E-state index contributed by atoms with van der Waals surface area (Å²) in [5.41, 5.74) is 5.53. The number of aliphatic hydroxyl groups is 1. The molecule has 1 unspecified atom stereocenters. The van der Waals surface area contributed by atoms with E-state index < -0.39 is 18.5 Å². The van der Waals surface area contributed by atoms with Gasteiger partial charge in [0, 0.05) is 11.5 Å². The minimum atomic E-state index is -0.622. The van der Waals surface area contributed by atoms with E-state index in [0.717, 1.165) is 38.5 Å². The van der Waals surface area contributed by atoms with Gasteiger partial charge < -0.3 is 14.6 Å². The molecule has 4 aromatic rings. The first kappa shape index (κ1) is 32.2. The number of carbonyl (C=O) groups excluding carboxylic acids is 2. The first-order valence-corrected chi connectivity index (χ1v) is 16.1. The first-order chi connectivity index (χ1) is 21.7. The van der Waals surface area contributed by atoms with Crippen LogP contribution in [0, 0.1) is 11.8 Å². The number of benzene rings is 4. The van der Waals surface area contributed by atoms with Crippen molar-refractivity contribution in [3.8, 4) is 11.1 Å². The lowest BCUT2D eigenvalue weighted by atomic mass is 9.74. The van der Waals surface area contributed by atoms with E-state index in [-0.39, 0.29) is 30.6 Å². The van der Waals surface area contributed by atoms with Gasteiger partial charge in [0.2, 0.25) is 0 Å². The van der Waals surface area contributed by atoms with Crippen LogP contribution in [0.3, 0.4) is 0 Å². The Morgan fingerprint density at radius 2 is 1.33 bits per heavy atom. The number of carbonyl (C=O) groups is 2.